The molecule has 2 aromatic carbocycles. The molecule has 0 aliphatic heterocycles. The molecule has 0 aliphatic carbocycles. The molecule has 0 radical (unpaired) electrons. The second kappa shape index (κ2) is 11.1. The van der Waals surface area contributed by atoms with Crippen LogP contribution in [-0.2, 0) is 11.2 Å². The van der Waals surface area contributed by atoms with Gasteiger partial charge in [-0.15, -0.1) is 0 Å². The summed E-state index contributed by atoms with van der Waals surface area (Å²) in [5, 5.41) is 0. The van der Waals surface area contributed by atoms with E-state index in [1.165, 1.54) is 30.3 Å². The molecule has 5 heteroatoms. The summed E-state index contributed by atoms with van der Waals surface area (Å²) in [4.78, 5) is 19.4. The maximum Gasteiger partial charge on any atom is 0.259 e. The van der Waals surface area contributed by atoms with Crippen molar-refractivity contribution in [3.8, 4) is 0 Å². The summed E-state index contributed by atoms with van der Waals surface area (Å²) < 4.78 is 27.9. The molecule has 32 heavy (non-hydrogen) atoms. The van der Waals surface area contributed by atoms with Crippen LogP contribution >= 0.6 is 0 Å². The number of benzene rings is 2. The molecule has 0 N–H and O–H groups in total. The van der Waals surface area contributed by atoms with Crippen molar-refractivity contribution >= 4 is 17.2 Å². The molecule has 0 fully saturated rings. The Morgan fingerprint density at radius 1 is 1.09 bits per heavy atom. The lowest BCUT2D eigenvalue weighted by Gasteiger charge is -2.30. The number of carbonyl (C=O) groups is 1. The van der Waals surface area contributed by atoms with E-state index in [1.807, 2.05) is 25.3 Å². The molecule has 0 aliphatic rings. The maximum absolute atomic E-state index is 14.0. The van der Waals surface area contributed by atoms with E-state index in [0.29, 0.717) is 23.2 Å². The second-order valence-electron chi connectivity index (χ2n) is 7.58. The monoisotopic (exact) mass is 432 g/mol. The normalized spacial score (nSPS) is 12.3. The van der Waals surface area contributed by atoms with E-state index in [9.17, 15) is 13.6 Å². The van der Waals surface area contributed by atoms with Crippen molar-refractivity contribution in [2.75, 3.05) is 4.90 Å². The average molecular weight is 433 g/mol. The molecule has 3 aromatic rings. The first-order valence-electron chi connectivity index (χ1n) is 10.6. The Bertz CT molecular complexity index is 1100. The summed E-state index contributed by atoms with van der Waals surface area (Å²) in [6.07, 6.45) is 8.96. The van der Waals surface area contributed by atoms with Crippen LogP contribution in [0.1, 0.15) is 30.9 Å². The van der Waals surface area contributed by atoms with Crippen LogP contribution in [0.3, 0.4) is 0 Å². The third kappa shape index (κ3) is 5.97. The SMILES string of the molecule is C=CC=C(C(=O)N(c1cccc(F)c1)C(C)CCCc1cccnc1)c1cccc(F)c1. The minimum Gasteiger partial charge on any atom is -0.305 e. The number of aromatic nitrogens is 1. The zero-order chi connectivity index (χ0) is 22.9. The molecule has 0 saturated heterocycles. The molecular formula is C27H26F2N2O. The topological polar surface area (TPSA) is 33.2 Å². The fourth-order valence-electron chi connectivity index (χ4n) is 3.67. The zero-order valence-corrected chi connectivity index (χ0v) is 18.0. The minimum atomic E-state index is -0.438. The molecule has 3 nitrogen and oxygen atoms in total. The lowest BCUT2D eigenvalue weighted by molar-refractivity contribution is -0.113. The Hall–Kier alpha value is -3.60. The summed E-state index contributed by atoms with van der Waals surface area (Å²) in [5.74, 6) is -1.20. The van der Waals surface area contributed by atoms with E-state index < -0.39 is 11.6 Å². The number of nitrogens with zero attached hydrogens (tertiary/aromatic N) is 2. The summed E-state index contributed by atoms with van der Waals surface area (Å²) in [6.45, 7) is 5.63. The number of rotatable bonds is 9. The van der Waals surface area contributed by atoms with Gasteiger partial charge in [0.2, 0.25) is 0 Å². The fraction of sp³-hybridized carbons (Fsp3) is 0.185. The van der Waals surface area contributed by atoms with Gasteiger partial charge in [-0.1, -0.05) is 36.9 Å². The van der Waals surface area contributed by atoms with Crippen molar-refractivity contribution in [3.63, 3.8) is 0 Å². The first-order valence-corrected chi connectivity index (χ1v) is 10.6. The zero-order valence-electron chi connectivity index (χ0n) is 18.0. The highest BCUT2D eigenvalue weighted by Crippen LogP contribution is 2.27. The molecule has 1 heterocycles. The molecule has 164 valence electrons. The van der Waals surface area contributed by atoms with Gasteiger partial charge in [0.15, 0.2) is 0 Å². The van der Waals surface area contributed by atoms with E-state index in [4.69, 9.17) is 0 Å². The van der Waals surface area contributed by atoms with E-state index in [2.05, 4.69) is 11.6 Å². The van der Waals surface area contributed by atoms with Gasteiger partial charge in [0.05, 0.1) is 0 Å². The van der Waals surface area contributed by atoms with Gasteiger partial charge in [-0.3, -0.25) is 9.78 Å². The van der Waals surface area contributed by atoms with Gasteiger partial charge in [0.1, 0.15) is 11.6 Å². The van der Waals surface area contributed by atoms with Gasteiger partial charge in [-0.25, -0.2) is 8.78 Å². The number of anilines is 1. The molecule has 1 atom stereocenters. The lowest BCUT2D eigenvalue weighted by atomic mass is 10.0. The highest BCUT2D eigenvalue weighted by Gasteiger charge is 2.26. The summed E-state index contributed by atoms with van der Waals surface area (Å²) >= 11 is 0. The van der Waals surface area contributed by atoms with Crippen LogP contribution < -0.4 is 4.90 Å². The highest BCUT2D eigenvalue weighted by atomic mass is 19.1. The van der Waals surface area contributed by atoms with Gasteiger partial charge in [0.25, 0.3) is 5.91 Å². The number of halogens is 2. The lowest BCUT2D eigenvalue weighted by Crippen LogP contribution is -2.39. The molecule has 0 spiro atoms. The van der Waals surface area contributed by atoms with Crippen LogP contribution in [0.25, 0.3) is 5.57 Å². The van der Waals surface area contributed by atoms with Gasteiger partial charge >= 0.3 is 0 Å². The summed E-state index contributed by atoms with van der Waals surface area (Å²) in [5.41, 5.74) is 2.31. The van der Waals surface area contributed by atoms with Crippen molar-refractivity contribution in [1.29, 1.82) is 0 Å². The molecular weight excluding hydrogens is 406 g/mol. The summed E-state index contributed by atoms with van der Waals surface area (Å²) in [7, 11) is 0. The van der Waals surface area contributed by atoms with E-state index >= 15 is 0 Å². The molecule has 0 saturated carbocycles. The van der Waals surface area contributed by atoms with Crippen molar-refractivity contribution in [2.24, 2.45) is 0 Å². The van der Waals surface area contributed by atoms with Crippen LogP contribution in [0.5, 0.6) is 0 Å². The Balaban J connectivity index is 1.89. The number of hydrogen-bond donors (Lipinski definition) is 0. The van der Waals surface area contributed by atoms with Crippen LogP contribution in [0.15, 0.2) is 91.8 Å². The fourth-order valence-corrected chi connectivity index (χ4v) is 3.67. The van der Waals surface area contributed by atoms with Crippen molar-refractivity contribution in [3.05, 3.63) is 115 Å². The number of allylic oxidation sites excluding steroid dienone is 2. The number of aryl methyl sites for hydroxylation is 1. The Kier molecular flexibility index (Phi) is 8.03. The van der Waals surface area contributed by atoms with Crippen molar-refractivity contribution in [2.45, 2.75) is 32.2 Å². The minimum absolute atomic E-state index is 0.220. The number of hydrogen-bond acceptors (Lipinski definition) is 2. The summed E-state index contributed by atoms with van der Waals surface area (Å²) in [6, 6.07) is 15.5. The van der Waals surface area contributed by atoms with Gasteiger partial charge in [-0.05, 0) is 79.8 Å². The Morgan fingerprint density at radius 2 is 1.84 bits per heavy atom. The van der Waals surface area contributed by atoms with Crippen molar-refractivity contribution < 1.29 is 13.6 Å². The third-order valence-corrected chi connectivity index (χ3v) is 5.21. The predicted molar refractivity (Wildman–Crippen MR) is 125 cm³/mol. The predicted octanol–water partition coefficient (Wildman–Crippen LogP) is 6.37. The smallest absolute Gasteiger partial charge is 0.259 e. The standard InChI is InChI=1S/C27H26F2N2O/c1-3-8-26(22-12-5-13-23(28)17-22)27(32)31(25-15-6-14-24(29)18-25)20(2)9-4-10-21-11-7-16-30-19-21/h3,5-8,11-20H,1,4,9-10H2,2H3. The van der Waals surface area contributed by atoms with Crippen molar-refractivity contribution in [1.82, 2.24) is 4.98 Å². The van der Waals surface area contributed by atoms with E-state index in [1.54, 1.807) is 41.4 Å². The molecule has 3 rings (SSSR count). The largest absolute Gasteiger partial charge is 0.305 e. The first kappa shape index (κ1) is 23.1. The highest BCUT2D eigenvalue weighted by molar-refractivity contribution is 6.26. The molecule has 1 amide bonds. The maximum atomic E-state index is 14.0. The average Bonchev–Trinajstić information content (AvgIpc) is 2.78. The Labute approximate surface area is 187 Å². The van der Waals surface area contributed by atoms with E-state index in [0.717, 1.165) is 18.4 Å². The van der Waals surface area contributed by atoms with Crippen LogP contribution in [0.4, 0.5) is 14.5 Å². The Morgan fingerprint density at radius 3 is 2.50 bits per heavy atom. The van der Waals surface area contributed by atoms with Gasteiger partial charge in [0, 0.05) is 29.7 Å². The number of carbonyl (C=O) groups excluding carboxylic acids is 1. The first-order chi connectivity index (χ1) is 15.5. The third-order valence-electron chi connectivity index (χ3n) is 5.21. The van der Waals surface area contributed by atoms with Crippen LogP contribution in [0.2, 0.25) is 0 Å². The van der Waals surface area contributed by atoms with E-state index in [-0.39, 0.29) is 11.9 Å². The molecule has 1 unspecified atom stereocenters. The number of amides is 1. The van der Waals surface area contributed by atoms with Crippen LogP contribution in [0, 0.1) is 11.6 Å². The molecule has 1 aromatic heterocycles. The van der Waals surface area contributed by atoms with Crippen LogP contribution in [-0.4, -0.2) is 16.9 Å². The quantitative estimate of drug-likeness (QED) is 0.291. The second-order valence-corrected chi connectivity index (χ2v) is 7.58. The van der Waals surface area contributed by atoms with Gasteiger partial charge < -0.3 is 4.90 Å². The van der Waals surface area contributed by atoms with Gasteiger partial charge in [-0.2, -0.15) is 0 Å². The molecule has 0 bridgehead atoms. The number of pyridine rings is 1.